The molecular weight excluding hydrogens is 368 g/mol. The number of methoxy groups -OCH3 is 1. The summed E-state index contributed by atoms with van der Waals surface area (Å²) >= 11 is 0. The molecule has 0 aliphatic carbocycles. The molecule has 0 heterocycles. The van der Waals surface area contributed by atoms with E-state index in [9.17, 15) is 4.79 Å². The molecule has 5 nitrogen and oxygen atoms in total. The van der Waals surface area contributed by atoms with Gasteiger partial charge in [0.05, 0.1) is 7.11 Å². The maximum atomic E-state index is 10.7. The molecule has 0 unspecified atom stereocenters. The van der Waals surface area contributed by atoms with Gasteiger partial charge in [0.1, 0.15) is 19.0 Å². The maximum Gasteiger partial charge on any atom is 0.303 e. The smallest absolute Gasteiger partial charge is 0.303 e. The minimum Gasteiger partial charge on any atom is -0.493 e. The molecule has 3 aromatic carbocycles. The average molecular weight is 392 g/mol. The molecule has 29 heavy (non-hydrogen) atoms. The summed E-state index contributed by atoms with van der Waals surface area (Å²) in [6, 6.07) is 23.5. The SMILES string of the molecule is COc1cc(CCC(=O)O)ccc1OCCOc1ccccc1-c1ccccc1. The fourth-order valence-electron chi connectivity index (χ4n) is 2.99. The van der Waals surface area contributed by atoms with Crippen molar-refractivity contribution in [2.45, 2.75) is 12.8 Å². The second-order valence-corrected chi connectivity index (χ2v) is 6.44. The van der Waals surface area contributed by atoms with Crippen LogP contribution in [0.2, 0.25) is 0 Å². The van der Waals surface area contributed by atoms with Crippen LogP contribution in [0.15, 0.2) is 72.8 Å². The van der Waals surface area contributed by atoms with E-state index in [1.54, 1.807) is 13.2 Å². The molecule has 0 aliphatic rings. The van der Waals surface area contributed by atoms with Crippen LogP contribution < -0.4 is 14.2 Å². The molecular formula is C24H24O5. The van der Waals surface area contributed by atoms with E-state index in [4.69, 9.17) is 19.3 Å². The van der Waals surface area contributed by atoms with Gasteiger partial charge in [0, 0.05) is 12.0 Å². The molecule has 0 bridgehead atoms. The van der Waals surface area contributed by atoms with Crippen LogP contribution in [0.25, 0.3) is 11.1 Å². The number of rotatable bonds is 10. The van der Waals surface area contributed by atoms with Crippen LogP contribution in [0.5, 0.6) is 17.2 Å². The third-order valence-corrected chi connectivity index (χ3v) is 4.43. The Kier molecular flexibility index (Phi) is 7.11. The van der Waals surface area contributed by atoms with Gasteiger partial charge < -0.3 is 19.3 Å². The average Bonchev–Trinajstić information content (AvgIpc) is 2.76. The summed E-state index contributed by atoms with van der Waals surface area (Å²) in [5, 5.41) is 8.82. The van der Waals surface area contributed by atoms with Gasteiger partial charge >= 0.3 is 5.97 Å². The summed E-state index contributed by atoms with van der Waals surface area (Å²) in [6.45, 7) is 0.738. The minimum atomic E-state index is -0.822. The third kappa shape index (κ3) is 5.75. The van der Waals surface area contributed by atoms with Crippen LogP contribution in [0.4, 0.5) is 0 Å². The number of para-hydroxylation sites is 1. The zero-order valence-corrected chi connectivity index (χ0v) is 16.3. The van der Waals surface area contributed by atoms with Crippen molar-refractivity contribution in [3.05, 3.63) is 78.4 Å². The van der Waals surface area contributed by atoms with E-state index in [1.165, 1.54) is 0 Å². The van der Waals surface area contributed by atoms with Crippen molar-refractivity contribution < 1.29 is 24.1 Å². The Labute approximate surface area is 170 Å². The maximum absolute atomic E-state index is 10.7. The Morgan fingerprint density at radius 1 is 0.828 bits per heavy atom. The largest absolute Gasteiger partial charge is 0.493 e. The summed E-state index contributed by atoms with van der Waals surface area (Å²) in [6.07, 6.45) is 0.531. The normalized spacial score (nSPS) is 10.4. The lowest BCUT2D eigenvalue weighted by Gasteiger charge is -2.14. The van der Waals surface area contributed by atoms with E-state index in [-0.39, 0.29) is 6.42 Å². The van der Waals surface area contributed by atoms with Crippen LogP contribution in [0, 0.1) is 0 Å². The molecule has 0 atom stereocenters. The molecule has 0 radical (unpaired) electrons. The molecule has 0 aliphatic heterocycles. The highest BCUT2D eigenvalue weighted by atomic mass is 16.5. The van der Waals surface area contributed by atoms with Gasteiger partial charge in [-0.15, -0.1) is 0 Å². The summed E-state index contributed by atoms with van der Waals surface area (Å²) < 4.78 is 17.1. The van der Waals surface area contributed by atoms with E-state index in [2.05, 4.69) is 12.1 Å². The van der Waals surface area contributed by atoms with Crippen LogP contribution in [-0.4, -0.2) is 31.4 Å². The number of aliphatic carboxylic acids is 1. The predicted molar refractivity (Wildman–Crippen MR) is 112 cm³/mol. The Balaban J connectivity index is 1.58. The van der Waals surface area contributed by atoms with Crippen LogP contribution in [0.3, 0.4) is 0 Å². The molecule has 150 valence electrons. The number of hydrogen-bond donors (Lipinski definition) is 1. The minimum absolute atomic E-state index is 0.0814. The van der Waals surface area contributed by atoms with Crippen molar-refractivity contribution >= 4 is 5.97 Å². The molecule has 0 aromatic heterocycles. The van der Waals surface area contributed by atoms with E-state index < -0.39 is 5.97 Å². The van der Waals surface area contributed by atoms with Crippen LogP contribution >= 0.6 is 0 Å². The third-order valence-electron chi connectivity index (χ3n) is 4.43. The van der Waals surface area contributed by atoms with Gasteiger partial charge in [0.25, 0.3) is 0 Å². The van der Waals surface area contributed by atoms with Crippen molar-refractivity contribution in [3.63, 3.8) is 0 Å². The van der Waals surface area contributed by atoms with E-state index >= 15 is 0 Å². The number of carboxylic acid groups (broad SMARTS) is 1. The van der Waals surface area contributed by atoms with Crippen molar-refractivity contribution in [2.75, 3.05) is 20.3 Å². The number of carbonyl (C=O) groups is 1. The summed E-state index contributed by atoms with van der Waals surface area (Å²) in [5.41, 5.74) is 3.03. The van der Waals surface area contributed by atoms with E-state index in [1.807, 2.05) is 54.6 Å². The molecule has 0 amide bonds. The molecule has 3 rings (SSSR count). The van der Waals surface area contributed by atoms with Gasteiger partial charge in [0.2, 0.25) is 0 Å². The zero-order valence-electron chi connectivity index (χ0n) is 16.3. The molecule has 0 saturated carbocycles. The lowest BCUT2D eigenvalue weighted by Crippen LogP contribution is -2.10. The number of ether oxygens (including phenoxy) is 3. The first-order chi connectivity index (χ1) is 14.2. The lowest BCUT2D eigenvalue weighted by atomic mass is 10.1. The van der Waals surface area contributed by atoms with E-state index in [0.717, 1.165) is 22.4 Å². The number of aryl methyl sites for hydroxylation is 1. The Hall–Kier alpha value is -3.47. The fraction of sp³-hybridized carbons (Fsp3) is 0.208. The van der Waals surface area contributed by atoms with Crippen LogP contribution in [0.1, 0.15) is 12.0 Å². The van der Waals surface area contributed by atoms with Gasteiger partial charge in [-0.05, 0) is 35.7 Å². The van der Waals surface area contributed by atoms with Gasteiger partial charge in [-0.3, -0.25) is 4.79 Å². The fourth-order valence-corrected chi connectivity index (χ4v) is 2.99. The van der Waals surface area contributed by atoms with E-state index in [0.29, 0.717) is 31.1 Å². The molecule has 3 aromatic rings. The molecule has 0 fully saturated rings. The van der Waals surface area contributed by atoms with Crippen molar-refractivity contribution in [1.29, 1.82) is 0 Å². The first-order valence-electron chi connectivity index (χ1n) is 9.46. The Morgan fingerprint density at radius 3 is 2.24 bits per heavy atom. The Bertz CT molecular complexity index is 937. The first kappa shape index (κ1) is 20.3. The standard InChI is InChI=1S/C24H24O5/c1-27-23-17-18(12-14-24(25)26)11-13-22(23)29-16-15-28-21-10-6-5-9-20(21)19-7-3-2-4-8-19/h2-11,13,17H,12,14-16H2,1H3,(H,25,26). The van der Waals surface area contributed by atoms with Gasteiger partial charge in [-0.2, -0.15) is 0 Å². The number of hydrogen-bond acceptors (Lipinski definition) is 4. The quantitative estimate of drug-likeness (QED) is 0.500. The van der Waals surface area contributed by atoms with Crippen LogP contribution in [-0.2, 0) is 11.2 Å². The highest BCUT2D eigenvalue weighted by Crippen LogP contribution is 2.30. The summed E-state index contributed by atoms with van der Waals surface area (Å²) in [7, 11) is 1.57. The van der Waals surface area contributed by atoms with Gasteiger partial charge in [-0.25, -0.2) is 0 Å². The lowest BCUT2D eigenvalue weighted by molar-refractivity contribution is -0.136. The van der Waals surface area contributed by atoms with Gasteiger partial charge in [-0.1, -0.05) is 54.6 Å². The molecule has 5 heteroatoms. The Morgan fingerprint density at radius 2 is 1.52 bits per heavy atom. The number of carboxylic acids is 1. The topological polar surface area (TPSA) is 65.0 Å². The zero-order chi connectivity index (χ0) is 20.5. The molecule has 0 spiro atoms. The summed E-state index contributed by atoms with van der Waals surface area (Å²) in [4.78, 5) is 10.7. The predicted octanol–water partition coefficient (Wildman–Crippen LogP) is 4.84. The van der Waals surface area contributed by atoms with Crippen molar-refractivity contribution in [1.82, 2.24) is 0 Å². The highest BCUT2D eigenvalue weighted by molar-refractivity contribution is 5.70. The second-order valence-electron chi connectivity index (χ2n) is 6.44. The van der Waals surface area contributed by atoms with Crippen molar-refractivity contribution in [3.8, 4) is 28.4 Å². The molecule has 0 saturated heterocycles. The highest BCUT2D eigenvalue weighted by Gasteiger charge is 2.09. The second kappa shape index (κ2) is 10.2. The summed E-state index contributed by atoms with van der Waals surface area (Å²) in [5.74, 6) is 1.17. The first-order valence-corrected chi connectivity index (χ1v) is 9.46. The van der Waals surface area contributed by atoms with Crippen molar-refractivity contribution in [2.24, 2.45) is 0 Å². The van der Waals surface area contributed by atoms with Gasteiger partial charge in [0.15, 0.2) is 11.5 Å². The molecule has 1 N–H and O–H groups in total. The monoisotopic (exact) mass is 392 g/mol. The number of benzene rings is 3.